The third-order valence-electron chi connectivity index (χ3n) is 3.19. The number of benzene rings is 1. The predicted molar refractivity (Wildman–Crippen MR) is 75.6 cm³/mol. The molecular weight excluding hydrogens is 323 g/mol. The van der Waals surface area contributed by atoms with Crippen LogP contribution in [0.25, 0.3) is 11.3 Å². The maximum absolute atomic E-state index is 13.0. The molecule has 0 saturated carbocycles. The number of halogens is 1. The van der Waals surface area contributed by atoms with Gasteiger partial charge < -0.3 is 24.0 Å². The van der Waals surface area contributed by atoms with Gasteiger partial charge in [-0.2, -0.15) is 0 Å². The molecule has 0 aliphatic rings. The normalized spacial score (nSPS) is 10.8. The third-order valence-corrected chi connectivity index (χ3v) is 3.19. The number of nitrogens with zero attached hydrogens (tertiary/aromatic N) is 2. The van der Waals surface area contributed by atoms with E-state index in [2.05, 4.69) is 14.8 Å². The van der Waals surface area contributed by atoms with Gasteiger partial charge in [0.25, 0.3) is 5.88 Å². The number of hydrogen-bond donors (Lipinski definition) is 2. The fourth-order valence-electron chi connectivity index (χ4n) is 2.02. The second-order valence-electron chi connectivity index (χ2n) is 4.72. The summed E-state index contributed by atoms with van der Waals surface area (Å²) in [6.45, 7) is -0.510. The summed E-state index contributed by atoms with van der Waals surface area (Å²) in [5.74, 6) is -1.90. The van der Waals surface area contributed by atoms with Crippen molar-refractivity contribution in [1.82, 2.24) is 10.3 Å². The molecule has 0 amide bonds. The zero-order valence-corrected chi connectivity index (χ0v) is 12.1. The number of aliphatic hydroxyl groups excluding tert-OH is 1. The third kappa shape index (κ3) is 3.10. The molecule has 2 heterocycles. The lowest BCUT2D eigenvalue weighted by Gasteiger charge is -2.04. The summed E-state index contributed by atoms with van der Waals surface area (Å²) in [6, 6.07) is 6.67. The summed E-state index contributed by atoms with van der Waals surface area (Å²) in [5.41, 5.74) is 1.38. The molecule has 0 bridgehead atoms. The van der Waals surface area contributed by atoms with Crippen molar-refractivity contribution in [2.75, 3.05) is 0 Å². The molecule has 0 atom stereocenters. The zero-order valence-electron chi connectivity index (χ0n) is 12.1. The first-order chi connectivity index (χ1) is 11.6. The van der Waals surface area contributed by atoms with E-state index in [1.807, 2.05) is 0 Å². The average Bonchev–Trinajstić information content (AvgIpc) is 3.20. The number of aromatic carboxylic acids is 1. The predicted octanol–water partition coefficient (Wildman–Crippen LogP) is 2.24. The second-order valence-corrected chi connectivity index (χ2v) is 4.72. The summed E-state index contributed by atoms with van der Waals surface area (Å²) >= 11 is 0. The molecule has 0 spiro atoms. The van der Waals surface area contributed by atoms with Crippen molar-refractivity contribution >= 4 is 5.97 Å². The van der Waals surface area contributed by atoms with Crippen LogP contribution in [0.3, 0.4) is 0 Å². The minimum atomic E-state index is -1.27. The number of aromatic nitrogens is 2. The van der Waals surface area contributed by atoms with Crippen LogP contribution in [-0.4, -0.2) is 26.5 Å². The second kappa shape index (κ2) is 6.50. The number of carboxylic acid groups (broad SMARTS) is 1. The van der Waals surface area contributed by atoms with E-state index in [9.17, 15) is 14.3 Å². The van der Waals surface area contributed by atoms with Crippen molar-refractivity contribution in [3.8, 4) is 17.1 Å². The van der Waals surface area contributed by atoms with Gasteiger partial charge in [0.1, 0.15) is 24.7 Å². The van der Waals surface area contributed by atoms with Crippen LogP contribution < -0.4 is 4.74 Å². The van der Waals surface area contributed by atoms with Gasteiger partial charge in [0.2, 0.25) is 5.76 Å². The van der Waals surface area contributed by atoms with Crippen molar-refractivity contribution in [2.24, 2.45) is 0 Å². The number of ether oxygens (including phenoxy) is 1. The van der Waals surface area contributed by atoms with Crippen molar-refractivity contribution in [2.45, 2.75) is 13.2 Å². The minimum Gasteiger partial charge on any atom is -0.475 e. The minimum absolute atomic E-state index is 0.0393. The van der Waals surface area contributed by atoms with Crippen molar-refractivity contribution in [3.63, 3.8) is 0 Å². The van der Waals surface area contributed by atoms with E-state index in [4.69, 9.17) is 14.4 Å². The molecule has 0 aliphatic heterocycles. The molecule has 1 aromatic carbocycles. The van der Waals surface area contributed by atoms with Gasteiger partial charge in [-0.3, -0.25) is 0 Å². The van der Waals surface area contributed by atoms with Gasteiger partial charge in [0.15, 0.2) is 5.76 Å². The topological polar surface area (TPSA) is 119 Å². The highest BCUT2D eigenvalue weighted by Crippen LogP contribution is 2.27. The Morgan fingerprint density at radius 3 is 2.58 bits per heavy atom. The van der Waals surface area contributed by atoms with Crippen LogP contribution in [0, 0.1) is 5.82 Å². The van der Waals surface area contributed by atoms with E-state index in [0.717, 1.165) is 6.07 Å². The maximum atomic E-state index is 13.0. The Bertz CT molecular complexity index is 855. The summed E-state index contributed by atoms with van der Waals surface area (Å²) in [4.78, 5) is 10.7. The van der Waals surface area contributed by atoms with Crippen molar-refractivity contribution < 1.29 is 33.2 Å². The summed E-state index contributed by atoms with van der Waals surface area (Å²) in [6.07, 6.45) is 0. The first-order valence-electron chi connectivity index (χ1n) is 6.75. The molecule has 24 heavy (non-hydrogen) atoms. The van der Waals surface area contributed by atoms with Crippen LogP contribution in [0.1, 0.15) is 21.9 Å². The van der Waals surface area contributed by atoms with Crippen LogP contribution in [0.5, 0.6) is 5.88 Å². The Labute approximate surface area is 134 Å². The van der Waals surface area contributed by atoms with E-state index >= 15 is 0 Å². The lowest BCUT2D eigenvalue weighted by Crippen LogP contribution is -2.00. The largest absolute Gasteiger partial charge is 0.475 e. The van der Waals surface area contributed by atoms with Crippen LogP contribution in [-0.2, 0) is 13.2 Å². The standard InChI is InChI=1S/C15H11FN2O6/c16-9-3-1-8(2-4-9)14-10(12(6-19)24-18-14)7-22-13-5-11(15(20)21)23-17-13/h1-5,19H,6-7H2,(H,20,21). The van der Waals surface area contributed by atoms with Gasteiger partial charge in [-0.25, -0.2) is 9.18 Å². The number of carbonyl (C=O) groups is 1. The van der Waals surface area contributed by atoms with Gasteiger partial charge in [-0.1, -0.05) is 5.16 Å². The Morgan fingerprint density at radius 2 is 1.96 bits per heavy atom. The van der Waals surface area contributed by atoms with Gasteiger partial charge >= 0.3 is 5.97 Å². The average molecular weight is 334 g/mol. The SMILES string of the molecule is O=C(O)c1cc(OCc2c(-c3ccc(F)cc3)noc2CO)no1. The summed E-state index contributed by atoms with van der Waals surface area (Å²) in [5, 5.41) is 25.4. The Hall–Kier alpha value is -3.20. The molecule has 8 nitrogen and oxygen atoms in total. The van der Waals surface area contributed by atoms with E-state index in [-0.39, 0.29) is 24.0 Å². The van der Waals surface area contributed by atoms with Gasteiger partial charge in [0.05, 0.1) is 11.6 Å². The molecule has 0 unspecified atom stereocenters. The van der Waals surface area contributed by atoms with Crippen molar-refractivity contribution in [1.29, 1.82) is 0 Å². The first kappa shape index (κ1) is 15.7. The smallest absolute Gasteiger partial charge is 0.374 e. The van der Waals surface area contributed by atoms with E-state index in [1.165, 1.54) is 24.3 Å². The molecule has 2 aromatic heterocycles. The van der Waals surface area contributed by atoms with Crippen molar-refractivity contribution in [3.05, 3.63) is 53.2 Å². The molecule has 3 aromatic rings. The highest BCUT2D eigenvalue weighted by Gasteiger charge is 2.19. The van der Waals surface area contributed by atoms with Crippen LogP contribution in [0.2, 0.25) is 0 Å². The molecule has 0 aliphatic carbocycles. The molecule has 0 fully saturated rings. The fourth-order valence-corrected chi connectivity index (χ4v) is 2.02. The molecule has 3 rings (SSSR count). The molecule has 0 saturated heterocycles. The fraction of sp³-hybridized carbons (Fsp3) is 0.133. The quantitative estimate of drug-likeness (QED) is 0.704. The van der Waals surface area contributed by atoms with E-state index in [1.54, 1.807) is 0 Å². The first-order valence-corrected chi connectivity index (χ1v) is 6.75. The summed E-state index contributed by atoms with van der Waals surface area (Å²) in [7, 11) is 0. The highest BCUT2D eigenvalue weighted by molar-refractivity contribution is 5.84. The monoisotopic (exact) mass is 334 g/mol. The number of rotatable bonds is 6. The van der Waals surface area contributed by atoms with Gasteiger partial charge in [-0.05, 0) is 29.4 Å². The maximum Gasteiger partial charge on any atom is 0.374 e. The van der Waals surface area contributed by atoms with E-state index < -0.39 is 18.4 Å². The van der Waals surface area contributed by atoms with E-state index in [0.29, 0.717) is 16.8 Å². The Morgan fingerprint density at radius 1 is 1.21 bits per heavy atom. The number of hydrogen-bond acceptors (Lipinski definition) is 7. The molecule has 124 valence electrons. The zero-order chi connectivity index (χ0) is 17.1. The Balaban J connectivity index is 1.84. The molecule has 2 N–H and O–H groups in total. The van der Waals surface area contributed by atoms with Crippen LogP contribution >= 0.6 is 0 Å². The number of aliphatic hydroxyl groups is 1. The molecular formula is C15H11FN2O6. The lowest BCUT2D eigenvalue weighted by atomic mass is 10.1. The molecule has 0 radical (unpaired) electrons. The lowest BCUT2D eigenvalue weighted by molar-refractivity contribution is 0.0651. The Kier molecular flexibility index (Phi) is 4.25. The summed E-state index contributed by atoms with van der Waals surface area (Å²) < 4.78 is 28.0. The van der Waals surface area contributed by atoms with Crippen LogP contribution in [0.15, 0.2) is 39.4 Å². The molecule has 9 heteroatoms. The van der Waals surface area contributed by atoms with Crippen LogP contribution in [0.4, 0.5) is 4.39 Å². The highest BCUT2D eigenvalue weighted by atomic mass is 19.1. The number of carboxylic acids is 1. The van der Waals surface area contributed by atoms with Gasteiger partial charge in [-0.15, -0.1) is 0 Å². The van der Waals surface area contributed by atoms with Gasteiger partial charge in [0, 0.05) is 5.56 Å².